The normalized spacial score (nSPS) is 10.5. The van der Waals surface area contributed by atoms with E-state index in [0.717, 1.165) is 0 Å². The first-order valence-electron chi connectivity index (χ1n) is 9.26. The monoisotopic (exact) mass is 458 g/mol. The van der Waals surface area contributed by atoms with Crippen molar-refractivity contribution in [3.63, 3.8) is 0 Å². The summed E-state index contributed by atoms with van der Waals surface area (Å²) in [4.78, 5) is 25.7. The van der Waals surface area contributed by atoms with Gasteiger partial charge in [-0.25, -0.2) is 0 Å². The number of halogens is 2. The van der Waals surface area contributed by atoms with E-state index in [2.05, 4.69) is 10.6 Å². The van der Waals surface area contributed by atoms with Gasteiger partial charge in [-0.3, -0.25) is 9.59 Å². The summed E-state index contributed by atoms with van der Waals surface area (Å²) in [6, 6.07) is 18.2. The van der Waals surface area contributed by atoms with Crippen LogP contribution in [-0.4, -0.2) is 26.0 Å². The Hall–Kier alpha value is -3.22. The van der Waals surface area contributed by atoms with Crippen LogP contribution in [0.25, 0.3) is 0 Å². The maximum absolute atomic E-state index is 12.9. The van der Waals surface area contributed by atoms with Gasteiger partial charge >= 0.3 is 0 Å². The summed E-state index contributed by atoms with van der Waals surface area (Å²) in [6.45, 7) is 0. The third kappa shape index (κ3) is 5.69. The van der Waals surface area contributed by atoms with E-state index in [0.29, 0.717) is 38.2 Å². The van der Waals surface area contributed by atoms with Crippen molar-refractivity contribution in [1.29, 1.82) is 0 Å². The van der Waals surface area contributed by atoms with E-state index in [4.69, 9.17) is 32.7 Å². The summed E-state index contributed by atoms with van der Waals surface area (Å²) in [5.74, 6) is 0.278. The number of carbonyl (C=O) groups is 2. The van der Waals surface area contributed by atoms with Crippen LogP contribution in [-0.2, 0) is 0 Å². The maximum Gasteiger partial charge on any atom is 0.253 e. The van der Waals surface area contributed by atoms with Crippen LogP contribution in [0, 0.1) is 0 Å². The highest BCUT2D eigenvalue weighted by atomic mass is 35.5. The van der Waals surface area contributed by atoms with E-state index >= 15 is 0 Å². The number of benzene rings is 3. The minimum absolute atomic E-state index is 0.301. The molecule has 0 aromatic heterocycles. The summed E-state index contributed by atoms with van der Waals surface area (Å²) in [6.07, 6.45) is -0.868. The fourth-order valence-electron chi connectivity index (χ4n) is 2.85. The van der Waals surface area contributed by atoms with Gasteiger partial charge in [0, 0.05) is 11.1 Å². The lowest BCUT2D eigenvalue weighted by molar-refractivity contribution is 0.0883. The van der Waals surface area contributed by atoms with Gasteiger partial charge in [0.25, 0.3) is 11.8 Å². The van der Waals surface area contributed by atoms with Crippen LogP contribution in [0.1, 0.15) is 32.4 Å². The van der Waals surface area contributed by atoms with Crippen molar-refractivity contribution in [3.8, 4) is 11.5 Å². The largest absolute Gasteiger partial charge is 0.497 e. The zero-order valence-electron chi connectivity index (χ0n) is 16.8. The molecule has 0 unspecified atom stereocenters. The van der Waals surface area contributed by atoms with Gasteiger partial charge in [-0.15, -0.1) is 0 Å². The molecule has 0 spiro atoms. The Kier molecular flexibility index (Phi) is 7.39. The molecule has 6 nitrogen and oxygen atoms in total. The van der Waals surface area contributed by atoms with Crippen LogP contribution in [0.5, 0.6) is 11.5 Å². The minimum Gasteiger partial charge on any atom is -0.497 e. The fraction of sp³-hybridized carbons (Fsp3) is 0.130. The summed E-state index contributed by atoms with van der Waals surface area (Å²) in [5.41, 5.74) is 1.31. The molecule has 3 rings (SSSR count). The molecule has 0 atom stereocenters. The van der Waals surface area contributed by atoms with Crippen LogP contribution in [0.2, 0.25) is 10.0 Å². The molecule has 0 bridgehead atoms. The second kappa shape index (κ2) is 10.2. The number of rotatable bonds is 7. The Morgan fingerprint density at radius 2 is 1.26 bits per heavy atom. The van der Waals surface area contributed by atoms with Crippen molar-refractivity contribution in [3.05, 3.63) is 93.5 Å². The van der Waals surface area contributed by atoms with E-state index in [9.17, 15) is 9.59 Å². The molecule has 3 aromatic rings. The molecule has 2 amide bonds. The summed E-state index contributed by atoms with van der Waals surface area (Å²) in [7, 11) is 3.04. The van der Waals surface area contributed by atoms with Crippen molar-refractivity contribution in [2.45, 2.75) is 6.17 Å². The molecule has 0 saturated heterocycles. The Morgan fingerprint density at radius 1 is 0.742 bits per heavy atom. The highest BCUT2D eigenvalue weighted by Gasteiger charge is 2.20. The van der Waals surface area contributed by atoms with Crippen LogP contribution in [0.4, 0.5) is 0 Å². The van der Waals surface area contributed by atoms with Crippen molar-refractivity contribution in [2.24, 2.45) is 0 Å². The Labute approximate surface area is 190 Å². The highest BCUT2D eigenvalue weighted by molar-refractivity contribution is 6.42. The van der Waals surface area contributed by atoms with Gasteiger partial charge in [0.05, 0.1) is 24.3 Å². The lowest BCUT2D eigenvalue weighted by Gasteiger charge is -2.21. The minimum atomic E-state index is -0.868. The topological polar surface area (TPSA) is 76.7 Å². The average Bonchev–Trinajstić information content (AvgIpc) is 2.80. The van der Waals surface area contributed by atoms with E-state index in [-0.39, 0.29) is 0 Å². The zero-order valence-corrected chi connectivity index (χ0v) is 18.3. The molecule has 2 N–H and O–H groups in total. The van der Waals surface area contributed by atoms with Crippen molar-refractivity contribution >= 4 is 35.0 Å². The number of methoxy groups -OCH3 is 2. The first-order chi connectivity index (χ1) is 14.9. The Bertz CT molecular complexity index is 1040. The molecule has 3 aromatic carbocycles. The van der Waals surface area contributed by atoms with Crippen LogP contribution < -0.4 is 20.1 Å². The van der Waals surface area contributed by atoms with Gasteiger partial charge in [-0.2, -0.15) is 0 Å². The molecule has 0 fully saturated rings. The molecular weight excluding hydrogens is 439 g/mol. The van der Waals surface area contributed by atoms with Gasteiger partial charge in [0.1, 0.15) is 17.7 Å². The Morgan fingerprint density at radius 3 is 1.71 bits per heavy atom. The number of hydrogen-bond acceptors (Lipinski definition) is 4. The third-order valence-corrected chi connectivity index (χ3v) is 5.23. The predicted octanol–water partition coefficient (Wildman–Crippen LogP) is 4.87. The molecule has 8 heteroatoms. The highest BCUT2D eigenvalue weighted by Crippen LogP contribution is 2.26. The molecule has 0 heterocycles. The van der Waals surface area contributed by atoms with Gasteiger partial charge in [0.2, 0.25) is 0 Å². The third-order valence-electron chi connectivity index (χ3n) is 4.49. The fourth-order valence-corrected chi connectivity index (χ4v) is 3.16. The summed E-state index contributed by atoms with van der Waals surface area (Å²) >= 11 is 12.2. The van der Waals surface area contributed by atoms with Crippen LogP contribution in [0.15, 0.2) is 66.7 Å². The van der Waals surface area contributed by atoms with Gasteiger partial charge in [0.15, 0.2) is 0 Å². The van der Waals surface area contributed by atoms with Crippen molar-refractivity contribution in [1.82, 2.24) is 10.6 Å². The van der Waals surface area contributed by atoms with E-state index in [1.54, 1.807) is 66.7 Å². The van der Waals surface area contributed by atoms with Crippen LogP contribution >= 0.6 is 23.2 Å². The first-order valence-corrected chi connectivity index (χ1v) is 10.0. The number of ether oxygens (including phenoxy) is 2. The first kappa shape index (κ1) is 22.5. The smallest absolute Gasteiger partial charge is 0.253 e. The molecule has 31 heavy (non-hydrogen) atoms. The summed E-state index contributed by atoms with van der Waals surface area (Å²) < 4.78 is 10.3. The zero-order chi connectivity index (χ0) is 22.4. The molecular formula is C23H20Cl2N2O4. The quantitative estimate of drug-likeness (QED) is 0.495. The van der Waals surface area contributed by atoms with E-state index < -0.39 is 18.0 Å². The lowest BCUT2D eigenvalue weighted by atomic mass is 10.1. The number of nitrogens with one attached hydrogen (secondary N) is 2. The van der Waals surface area contributed by atoms with Gasteiger partial charge in [-0.1, -0.05) is 41.4 Å². The Balaban J connectivity index is 1.89. The predicted molar refractivity (Wildman–Crippen MR) is 120 cm³/mol. The molecule has 160 valence electrons. The lowest BCUT2D eigenvalue weighted by Crippen LogP contribution is -2.41. The standard InChI is InChI=1S/C23H20Cl2N2O4/c1-30-17-7-3-5-15(11-17)22(28)26-21(14-9-10-19(24)20(25)13-14)27-23(29)16-6-4-8-18(12-16)31-2/h3-13,21H,1-2H3,(H,26,28)(H,27,29). The van der Waals surface area contributed by atoms with Crippen LogP contribution in [0.3, 0.4) is 0 Å². The second-order valence-electron chi connectivity index (χ2n) is 6.52. The number of hydrogen-bond donors (Lipinski definition) is 2. The van der Waals surface area contributed by atoms with Crippen molar-refractivity contribution in [2.75, 3.05) is 14.2 Å². The van der Waals surface area contributed by atoms with Gasteiger partial charge < -0.3 is 20.1 Å². The molecule has 0 aliphatic heterocycles. The molecule has 0 radical (unpaired) electrons. The SMILES string of the molecule is COc1cccc(C(=O)NC(NC(=O)c2cccc(OC)c2)c2ccc(Cl)c(Cl)c2)c1. The number of carbonyl (C=O) groups excluding carboxylic acids is 2. The van der Waals surface area contributed by atoms with Gasteiger partial charge in [-0.05, 0) is 54.1 Å². The van der Waals surface area contributed by atoms with E-state index in [1.807, 2.05) is 0 Å². The number of amides is 2. The molecule has 0 saturated carbocycles. The van der Waals surface area contributed by atoms with Crippen molar-refractivity contribution < 1.29 is 19.1 Å². The van der Waals surface area contributed by atoms with E-state index in [1.165, 1.54) is 14.2 Å². The second-order valence-corrected chi connectivity index (χ2v) is 7.33. The maximum atomic E-state index is 12.9. The summed E-state index contributed by atoms with van der Waals surface area (Å²) in [5, 5.41) is 6.30. The molecule has 0 aliphatic rings. The average molecular weight is 459 g/mol. The molecule has 0 aliphatic carbocycles.